The molecule has 1 amide bonds. The van der Waals surface area contributed by atoms with Crippen molar-refractivity contribution in [1.82, 2.24) is 10.2 Å². The van der Waals surface area contributed by atoms with E-state index in [0.29, 0.717) is 24.8 Å². The maximum Gasteiger partial charge on any atom is 0.257 e. The summed E-state index contributed by atoms with van der Waals surface area (Å²) in [5.74, 6) is 0.941. The molecule has 1 aromatic carbocycles. The lowest BCUT2D eigenvalue weighted by molar-refractivity contribution is -0.123. The molecule has 30 heavy (non-hydrogen) atoms. The molecule has 7 nitrogen and oxygen atoms in total. The number of rotatable bonds is 9. The summed E-state index contributed by atoms with van der Waals surface area (Å²) in [5.41, 5.74) is 0.965. The first-order valence-corrected chi connectivity index (χ1v) is 10.5. The summed E-state index contributed by atoms with van der Waals surface area (Å²) in [5, 5.41) is 2.78. The Labute approximate surface area is 177 Å². The molecule has 0 unspecified atom stereocenters. The fourth-order valence-corrected chi connectivity index (χ4v) is 3.34. The first-order chi connectivity index (χ1) is 14.5. The van der Waals surface area contributed by atoms with E-state index >= 15 is 0 Å². The summed E-state index contributed by atoms with van der Waals surface area (Å²) in [7, 11) is 0. The van der Waals surface area contributed by atoms with Gasteiger partial charge in [0.25, 0.3) is 5.91 Å². The van der Waals surface area contributed by atoms with Gasteiger partial charge in [0.05, 0.1) is 6.54 Å². The third-order valence-electron chi connectivity index (χ3n) is 5.13. The third-order valence-corrected chi connectivity index (χ3v) is 5.13. The number of carbonyl (C=O) groups is 1. The number of para-hydroxylation sites is 1. The number of hydrogen-bond acceptors (Lipinski definition) is 6. The van der Waals surface area contributed by atoms with E-state index in [1.165, 1.54) is 18.0 Å². The number of anilines is 1. The average molecular weight is 414 g/mol. The SMILES string of the molecule is CC(C)CCNC(=O)COc1coc(CN2CCN(c3ccccc3)CC2)cc1=O. The zero-order chi connectivity index (χ0) is 21.3. The van der Waals surface area contributed by atoms with Gasteiger partial charge in [0.2, 0.25) is 11.2 Å². The standard InChI is InChI=1S/C23H31N3O4/c1-18(2)8-9-24-23(28)17-30-22-16-29-20(14-21(22)27)15-25-10-12-26(13-11-25)19-6-4-3-5-7-19/h3-7,14,16,18H,8-13,15,17H2,1-2H3,(H,24,28). The van der Waals surface area contributed by atoms with Crippen LogP contribution in [-0.4, -0.2) is 50.1 Å². The molecule has 0 spiro atoms. The van der Waals surface area contributed by atoms with Gasteiger partial charge in [-0.2, -0.15) is 0 Å². The predicted molar refractivity (Wildman–Crippen MR) is 117 cm³/mol. The molecule has 0 atom stereocenters. The molecule has 1 aliphatic heterocycles. The fraction of sp³-hybridized carbons (Fsp3) is 0.478. The maximum absolute atomic E-state index is 12.3. The van der Waals surface area contributed by atoms with Crippen LogP contribution >= 0.6 is 0 Å². The third kappa shape index (κ3) is 6.62. The highest BCUT2D eigenvalue weighted by Crippen LogP contribution is 2.17. The van der Waals surface area contributed by atoms with Gasteiger partial charge in [-0.1, -0.05) is 32.0 Å². The summed E-state index contributed by atoms with van der Waals surface area (Å²) in [6.45, 7) is 8.84. The lowest BCUT2D eigenvalue weighted by Crippen LogP contribution is -2.46. The van der Waals surface area contributed by atoms with E-state index in [1.807, 2.05) is 6.07 Å². The van der Waals surface area contributed by atoms with Crippen molar-refractivity contribution in [3.63, 3.8) is 0 Å². The van der Waals surface area contributed by atoms with E-state index in [9.17, 15) is 9.59 Å². The smallest absolute Gasteiger partial charge is 0.257 e. The lowest BCUT2D eigenvalue weighted by Gasteiger charge is -2.35. The molecule has 3 rings (SSSR count). The van der Waals surface area contributed by atoms with Gasteiger partial charge in [-0.05, 0) is 24.5 Å². The highest BCUT2D eigenvalue weighted by molar-refractivity contribution is 5.77. The number of nitrogens with one attached hydrogen (secondary N) is 1. The summed E-state index contributed by atoms with van der Waals surface area (Å²) in [6, 6.07) is 11.8. The minimum Gasteiger partial charge on any atom is -0.477 e. The van der Waals surface area contributed by atoms with Crippen LogP contribution in [0.2, 0.25) is 0 Å². The topological polar surface area (TPSA) is 75.0 Å². The molecule has 0 aliphatic carbocycles. The van der Waals surface area contributed by atoms with Gasteiger partial charge in [0, 0.05) is 44.5 Å². The van der Waals surface area contributed by atoms with Crippen molar-refractivity contribution in [1.29, 1.82) is 0 Å². The molecule has 0 bridgehead atoms. The molecule has 7 heteroatoms. The number of hydrogen-bond donors (Lipinski definition) is 1. The number of nitrogens with zero attached hydrogens (tertiary/aromatic N) is 2. The van der Waals surface area contributed by atoms with Gasteiger partial charge in [-0.15, -0.1) is 0 Å². The van der Waals surface area contributed by atoms with Gasteiger partial charge >= 0.3 is 0 Å². The molecule has 162 valence electrons. The second-order valence-electron chi connectivity index (χ2n) is 7.99. The summed E-state index contributed by atoms with van der Waals surface area (Å²) >= 11 is 0. The Morgan fingerprint density at radius 2 is 1.90 bits per heavy atom. The molecule has 1 aromatic heterocycles. The number of benzene rings is 1. The molecule has 0 radical (unpaired) electrons. The van der Waals surface area contributed by atoms with Crippen LogP contribution in [0.4, 0.5) is 5.69 Å². The largest absolute Gasteiger partial charge is 0.477 e. The highest BCUT2D eigenvalue weighted by Gasteiger charge is 2.18. The van der Waals surface area contributed by atoms with Gasteiger partial charge in [-0.3, -0.25) is 14.5 Å². The number of piperazine rings is 1. The van der Waals surface area contributed by atoms with Crippen molar-refractivity contribution in [2.24, 2.45) is 5.92 Å². The van der Waals surface area contributed by atoms with Crippen molar-refractivity contribution in [2.75, 3.05) is 44.2 Å². The Morgan fingerprint density at radius 1 is 1.17 bits per heavy atom. The second kappa shape index (κ2) is 10.8. The molecule has 1 fully saturated rings. The van der Waals surface area contributed by atoms with Crippen molar-refractivity contribution in [2.45, 2.75) is 26.8 Å². The second-order valence-corrected chi connectivity index (χ2v) is 7.99. The van der Waals surface area contributed by atoms with Gasteiger partial charge in [0.15, 0.2) is 6.61 Å². The Bertz CT molecular complexity index is 858. The summed E-state index contributed by atoms with van der Waals surface area (Å²) < 4.78 is 10.9. The zero-order valence-electron chi connectivity index (χ0n) is 17.8. The molecule has 2 heterocycles. The van der Waals surface area contributed by atoms with E-state index in [2.05, 4.69) is 53.2 Å². The van der Waals surface area contributed by atoms with Crippen molar-refractivity contribution >= 4 is 11.6 Å². The Morgan fingerprint density at radius 3 is 2.57 bits per heavy atom. The van der Waals surface area contributed by atoms with Crippen LogP contribution in [0.5, 0.6) is 5.75 Å². The lowest BCUT2D eigenvalue weighted by atomic mass is 10.1. The minimum atomic E-state index is -0.269. The normalized spacial score (nSPS) is 14.7. The number of amides is 1. The quantitative estimate of drug-likeness (QED) is 0.681. The Balaban J connectivity index is 1.44. The van der Waals surface area contributed by atoms with Crippen LogP contribution in [0, 0.1) is 5.92 Å². The van der Waals surface area contributed by atoms with Crippen LogP contribution in [0.25, 0.3) is 0 Å². The number of carbonyl (C=O) groups excluding carboxylic acids is 1. The Kier molecular flexibility index (Phi) is 7.90. The van der Waals surface area contributed by atoms with E-state index < -0.39 is 0 Å². The van der Waals surface area contributed by atoms with Crippen LogP contribution in [-0.2, 0) is 11.3 Å². The van der Waals surface area contributed by atoms with E-state index in [1.54, 1.807) is 0 Å². The van der Waals surface area contributed by atoms with Gasteiger partial charge < -0.3 is 19.4 Å². The first-order valence-electron chi connectivity index (χ1n) is 10.5. The molecule has 1 N–H and O–H groups in total. The molecule has 1 saturated heterocycles. The minimum absolute atomic E-state index is 0.0617. The van der Waals surface area contributed by atoms with Crippen molar-refractivity contribution in [3.05, 3.63) is 58.6 Å². The van der Waals surface area contributed by atoms with E-state index in [4.69, 9.17) is 9.15 Å². The average Bonchev–Trinajstić information content (AvgIpc) is 2.74. The zero-order valence-corrected chi connectivity index (χ0v) is 17.8. The maximum atomic E-state index is 12.3. The van der Waals surface area contributed by atoms with Gasteiger partial charge in [0.1, 0.15) is 12.0 Å². The Hall–Kier alpha value is -2.80. The molecular formula is C23H31N3O4. The molecular weight excluding hydrogens is 382 g/mol. The van der Waals surface area contributed by atoms with Crippen molar-refractivity contribution in [3.8, 4) is 5.75 Å². The highest BCUT2D eigenvalue weighted by atomic mass is 16.5. The molecule has 1 aliphatic rings. The van der Waals surface area contributed by atoms with Gasteiger partial charge in [-0.25, -0.2) is 0 Å². The van der Waals surface area contributed by atoms with Crippen LogP contribution in [0.1, 0.15) is 26.0 Å². The van der Waals surface area contributed by atoms with Crippen LogP contribution in [0.15, 0.2) is 51.9 Å². The fourth-order valence-electron chi connectivity index (χ4n) is 3.34. The van der Waals surface area contributed by atoms with Crippen LogP contribution < -0.4 is 20.4 Å². The first kappa shape index (κ1) is 21.9. The van der Waals surface area contributed by atoms with E-state index in [-0.39, 0.29) is 23.7 Å². The van der Waals surface area contributed by atoms with E-state index in [0.717, 1.165) is 32.6 Å². The summed E-state index contributed by atoms with van der Waals surface area (Å²) in [4.78, 5) is 28.7. The van der Waals surface area contributed by atoms with Crippen LogP contribution in [0.3, 0.4) is 0 Å². The predicted octanol–water partition coefficient (Wildman–Crippen LogP) is 2.50. The molecule has 2 aromatic rings. The summed E-state index contributed by atoms with van der Waals surface area (Å²) in [6.07, 6.45) is 2.21. The number of ether oxygens (including phenoxy) is 1. The van der Waals surface area contributed by atoms with Crippen molar-refractivity contribution < 1.29 is 13.9 Å². The monoisotopic (exact) mass is 413 g/mol. The molecule has 0 saturated carbocycles.